The quantitative estimate of drug-likeness (QED) is 0.484. The number of rotatable bonds is 5. The molecule has 142 valence electrons. The van der Waals surface area contributed by atoms with Gasteiger partial charge in [0.2, 0.25) is 0 Å². The van der Waals surface area contributed by atoms with Gasteiger partial charge in [0.15, 0.2) is 0 Å². The number of hydrogen-bond donors (Lipinski definition) is 0. The van der Waals surface area contributed by atoms with E-state index in [1.165, 1.54) is 23.5 Å². The molecule has 2 heterocycles. The Morgan fingerprint density at radius 3 is 2.75 bits per heavy atom. The Morgan fingerprint density at radius 1 is 1.18 bits per heavy atom. The van der Waals surface area contributed by atoms with Crippen LogP contribution in [0.25, 0.3) is 21.3 Å². The van der Waals surface area contributed by atoms with E-state index in [1.54, 1.807) is 17.7 Å². The molecule has 2 aromatic heterocycles. The number of fused-ring (bicyclic) bond motifs is 1. The fourth-order valence-electron chi connectivity index (χ4n) is 3.32. The van der Waals surface area contributed by atoms with Crippen molar-refractivity contribution in [2.24, 2.45) is 0 Å². The van der Waals surface area contributed by atoms with Crippen molar-refractivity contribution in [2.45, 2.75) is 19.9 Å². The maximum Gasteiger partial charge on any atom is 0.263 e. The van der Waals surface area contributed by atoms with Crippen molar-refractivity contribution in [1.82, 2.24) is 9.55 Å². The summed E-state index contributed by atoms with van der Waals surface area (Å²) in [6.45, 7) is 2.25. The summed E-state index contributed by atoms with van der Waals surface area (Å²) in [4.78, 5) is 18.8. The summed E-state index contributed by atoms with van der Waals surface area (Å²) < 4.78 is 20.6. The van der Waals surface area contributed by atoms with E-state index in [9.17, 15) is 9.18 Å². The predicted molar refractivity (Wildman–Crippen MR) is 111 cm³/mol. The summed E-state index contributed by atoms with van der Waals surface area (Å²) in [6, 6.07) is 13.9. The molecule has 0 bridgehead atoms. The Balaban J connectivity index is 1.90. The second kappa shape index (κ2) is 7.56. The van der Waals surface area contributed by atoms with E-state index >= 15 is 0 Å². The van der Waals surface area contributed by atoms with Crippen molar-refractivity contribution in [1.29, 1.82) is 0 Å². The smallest absolute Gasteiger partial charge is 0.263 e. The predicted octanol–water partition coefficient (Wildman–Crippen LogP) is 4.88. The third-order valence-electron chi connectivity index (χ3n) is 4.70. The molecule has 0 spiro atoms. The number of thiophene rings is 1. The third-order valence-corrected chi connectivity index (χ3v) is 5.57. The molecular weight excluding hydrogens is 375 g/mol. The molecule has 4 nitrogen and oxygen atoms in total. The molecule has 2 aromatic carbocycles. The summed E-state index contributed by atoms with van der Waals surface area (Å²) in [6.07, 6.45) is 0.618. The molecule has 4 aromatic rings. The summed E-state index contributed by atoms with van der Waals surface area (Å²) in [5.74, 6) is 1.11. The lowest BCUT2D eigenvalue weighted by Crippen LogP contribution is -2.25. The molecule has 6 heteroatoms. The van der Waals surface area contributed by atoms with Crippen molar-refractivity contribution >= 4 is 21.6 Å². The van der Waals surface area contributed by atoms with Gasteiger partial charge in [0.05, 0.1) is 19.0 Å². The summed E-state index contributed by atoms with van der Waals surface area (Å²) in [5.41, 5.74) is 2.37. The first-order valence-electron chi connectivity index (χ1n) is 9.00. The minimum atomic E-state index is -0.315. The van der Waals surface area contributed by atoms with Gasteiger partial charge in [0.25, 0.3) is 5.56 Å². The standard InChI is InChI=1S/C22H19FN2O2S/c1-3-19-24-21-20(18(13-28-21)15-7-5-9-17(11-15)27-2)22(26)25(19)12-14-6-4-8-16(23)10-14/h4-11,13H,3,12H2,1-2H3. The first kappa shape index (κ1) is 18.4. The fraction of sp³-hybridized carbons (Fsp3) is 0.182. The van der Waals surface area contributed by atoms with Gasteiger partial charge in [-0.25, -0.2) is 9.37 Å². The molecule has 28 heavy (non-hydrogen) atoms. The van der Waals surface area contributed by atoms with Gasteiger partial charge in [-0.2, -0.15) is 0 Å². The van der Waals surface area contributed by atoms with Crippen molar-refractivity contribution in [3.8, 4) is 16.9 Å². The Morgan fingerprint density at radius 2 is 2.00 bits per heavy atom. The number of nitrogens with zero attached hydrogens (tertiary/aromatic N) is 2. The second-order valence-electron chi connectivity index (χ2n) is 6.46. The molecular formula is C22H19FN2O2S. The van der Waals surface area contributed by atoms with Crippen molar-refractivity contribution in [3.63, 3.8) is 0 Å². The van der Waals surface area contributed by atoms with E-state index in [2.05, 4.69) is 0 Å². The van der Waals surface area contributed by atoms with Gasteiger partial charge < -0.3 is 4.74 Å². The number of halogens is 1. The van der Waals surface area contributed by atoms with Crippen LogP contribution in [0, 0.1) is 5.82 Å². The van der Waals surface area contributed by atoms with Crippen LogP contribution in [0.4, 0.5) is 4.39 Å². The van der Waals surface area contributed by atoms with Crippen LogP contribution in [0.15, 0.2) is 58.7 Å². The third kappa shape index (κ3) is 3.31. The van der Waals surface area contributed by atoms with Crippen LogP contribution >= 0.6 is 11.3 Å². The Hall–Kier alpha value is -2.99. The summed E-state index contributed by atoms with van der Waals surface area (Å²) in [7, 11) is 1.62. The molecule has 0 saturated carbocycles. The molecule has 0 atom stereocenters. The highest BCUT2D eigenvalue weighted by Gasteiger charge is 2.17. The lowest BCUT2D eigenvalue weighted by atomic mass is 10.1. The summed E-state index contributed by atoms with van der Waals surface area (Å²) >= 11 is 1.46. The van der Waals surface area contributed by atoms with Gasteiger partial charge in [-0.05, 0) is 35.4 Å². The molecule has 0 fully saturated rings. The number of aromatic nitrogens is 2. The number of aryl methyl sites for hydroxylation is 1. The lowest BCUT2D eigenvalue weighted by molar-refractivity contribution is 0.415. The average molecular weight is 394 g/mol. The SMILES string of the molecule is CCc1nc2scc(-c3cccc(OC)c3)c2c(=O)n1Cc1cccc(F)c1. The van der Waals surface area contributed by atoms with Gasteiger partial charge in [-0.15, -0.1) is 11.3 Å². The monoisotopic (exact) mass is 394 g/mol. The molecule has 0 aliphatic rings. The molecule has 0 saturated heterocycles. The van der Waals surface area contributed by atoms with Crippen molar-refractivity contribution < 1.29 is 9.13 Å². The van der Waals surface area contributed by atoms with Crippen molar-refractivity contribution in [2.75, 3.05) is 7.11 Å². The van der Waals surface area contributed by atoms with Crippen LogP contribution < -0.4 is 10.3 Å². The molecule has 0 amide bonds. The van der Waals surface area contributed by atoms with Crippen LogP contribution in [-0.2, 0) is 13.0 Å². The average Bonchev–Trinajstić information content (AvgIpc) is 3.14. The van der Waals surface area contributed by atoms with Crippen LogP contribution in [0.3, 0.4) is 0 Å². The normalized spacial score (nSPS) is 11.1. The van der Waals surface area contributed by atoms with E-state index in [-0.39, 0.29) is 17.9 Å². The minimum absolute atomic E-state index is 0.106. The number of methoxy groups -OCH3 is 1. The van der Waals surface area contributed by atoms with Gasteiger partial charge >= 0.3 is 0 Å². The van der Waals surface area contributed by atoms with Gasteiger partial charge in [0.1, 0.15) is 22.2 Å². The Kier molecular flexibility index (Phi) is 4.96. The van der Waals surface area contributed by atoms with Crippen LogP contribution in [-0.4, -0.2) is 16.7 Å². The number of ether oxygens (including phenoxy) is 1. The fourth-order valence-corrected chi connectivity index (χ4v) is 4.28. The van der Waals surface area contributed by atoms with Crippen LogP contribution in [0.5, 0.6) is 5.75 Å². The van der Waals surface area contributed by atoms with Crippen molar-refractivity contribution in [3.05, 3.63) is 81.5 Å². The molecule has 0 N–H and O–H groups in total. The van der Waals surface area contributed by atoms with E-state index < -0.39 is 0 Å². The topological polar surface area (TPSA) is 44.1 Å². The van der Waals surface area contributed by atoms with Gasteiger partial charge in [-0.1, -0.05) is 31.2 Å². The maximum absolute atomic E-state index is 13.6. The second-order valence-corrected chi connectivity index (χ2v) is 7.32. The largest absolute Gasteiger partial charge is 0.497 e. The van der Waals surface area contributed by atoms with E-state index in [1.807, 2.05) is 42.6 Å². The van der Waals surface area contributed by atoms with E-state index in [4.69, 9.17) is 9.72 Å². The Labute approximate surface area is 165 Å². The van der Waals surface area contributed by atoms with Crippen LogP contribution in [0.1, 0.15) is 18.3 Å². The summed E-state index contributed by atoms with van der Waals surface area (Å²) in [5, 5.41) is 2.55. The zero-order valence-electron chi connectivity index (χ0n) is 15.6. The Bertz CT molecular complexity index is 1210. The molecule has 0 unspecified atom stereocenters. The molecule has 0 aliphatic carbocycles. The molecule has 0 aliphatic heterocycles. The molecule has 4 rings (SSSR count). The first-order chi connectivity index (χ1) is 13.6. The lowest BCUT2D eigenvalue weighted by Gasteiger charge is -2.12. The highest BCUT2D eigenvalue weighted by Crippen LogP contribution is 2.32. The molecule has 0 radical (unpaired) electrons. The highest BCUT2D eigenvalue weighted by atomic mass is 32.1. The highest BCUT2D eigenvalue weighted by molar-refractivity contribution is 7.17. The number of benzene rings is 2. The van der Waals surface area contributed by atoms with Gasteiger partial charge in [-0.3, -0.25) is 9.36 Å². The van der Waals surface area contributed by atoms with Gasteiger partial charge in [0, 0.05) is 17.4 Å². The minimum Gasteiger partial charge on any atom is -0.497 e. The first-order valence-corrected chi connectivity index (χ1v) is 9.88. The van der Waals surface area contributed by atoms with E-state index in [0.717, 1.165) is 27.3 Å². The van der Waals surface area contributed by atoms with E-state index in [0.29, 0.717) is 17.6 Å². The van der Waals surface area contributed by atoms with Crippen LogP contribution in [0.2, 0.25) is 0 Å². The zero-order chi connectivity index (χ0) is 19.7. The zero-order valence-corrected chi connectivity index (χ0v) is 16.4. The maximum atomic E-state index is 13.6. The number of hydrogen-bond acceptors (Lipinski definition) is 4.